The maximum absolute atomic E-state index is 7.63. The molecule has 0 N–H and O–H groups in total. The minimum Gasteiger partial charge on any atom is -0.455 e. The Hall–Kier alpha value is -1.06. The number of hydrogen-bond acceptors (Lipinski definition) is 5. The standard InChI is InChI=1S/C55H76O5P2/c1-55(2)41-21-11-23-47(61-57-43-29-25-33-13-3-7-17-37(33)49(43)50-38-18-8-4-14-34(38)26-30-44(50)58-61)53(41)56-54-42(55)22-12-24-48(54)62-59-45-31-27-35-15-5-9-19-39(35)51(45)52-40-20-10-6-16-36(40)28-32-46(52)60-62/h11-12,21-24,33-40,43-46,49-52H,3-10,13-20,25-32H2,1-2H3. The van der Waals surface area contributed by atoms with E-state index in [2.05, 4.69) is 50.2 Å². The van der Waals surface area contributed by atoms with E-state index in [1.165, 1.54) is 176 Å². The molecule has 11 aliphatic rings. The van der Waals surface area contributed by atoms with Crippen LogP contribution in [0.15, 0.2) is 36.4 Å². The number of hydrogen-bond donors (Lipinski definition) is 0. The highest BCUT2D eigenvalue weighted by molar-refractivity contribution is 7.56. The minimum absolute atomic E-state index is 0.256. The Balaban J connectivity index is 0.864. The molecule has 16 unspecified atom stereocenters. The van der Waals surface area contributed by atoms with Crippen LogP contribution >= 0.6 is 16.8 Å². The Labute approximate surface area is 376 Å². The zero-order valence-electron chi connectivity index (χ0n) is 38.1. The quantitative estimate of drug-likeness (QED) is 0.281. The molecule has 2 aromatic rings. The summed E-state index contributed by atoms with van der Waals surface area (Å²) in [5.74, 6) is 11.4. The summed E-state index contributed by atoms with van der Waals surface area (Å²) in [6.45, 7) is 4.85. The van der Waals surface area contributed by atoms with Crippen molar-refractivity contribution in [2.45, 2.75) is 198 Å². The normalized spacial score (nSPS) is 46.6. The Kier molecular flexibility index (Phi) is 11.0. The van der Waals surface area contributed by atoms with Crippen LogP contribution in [0.1, 0.15) is 179 Å². The molecule has 13 rings (SSSR count). The summed E-state index contributed by atoms with van der Waals surface area (Å²) < 4.78 is 38.1. The monoisotopic (exact) mass is 879 g/mol. The fourth-order valence-electron chi connectivity index (χ4n) is 18.0. The predicted octanol–water partition coefficient (Wildman–Crippen LogP) is 14.4. The summed E-state index contributed by atoms with van der Waals surface area (Å²) in [7, 11) is -2.64. The van der Waals surface area contributed by atoms with Crippen molar-refractivity contribution in [2.24, 2.45) is 71.0 Å². The second-order valence-electron chi connectivity index (χ2n) is 23.6. The first-order chi connectivity index (χ1) is 30.5. The van der Waals surface area contributed by atoms with E-state index in [4.69, 9.17) is 22.8 Å². The van der Waals surface area contributed by atoms with Crippen molar-refractivity contribution in [3.63, 3.8) is 0 Å². The van der Waals surface area contributed by atoms with Crippen LogP contribution in [-0.2, 0) is 23.5 Å². The first kappa shape index (κ1) is 41.2. The van der Waals surface area contributed by atoms with E-state index in [9.17, 15) is 0 Å². The van der Waals surface area contributed by atoms with Crippen LogP contribution in [0.3, 0.4) is 0 Å². The summed E-state index contributed by atoms with van der Waals surface area (Å²) >= 11 is 0. The molecule has 3 heterocycles. The Morgan fingerprint density at radius 1 is 0.387 bits per heavy atom. The fraction of sp³-hybridized carbons (Fsp3) is 0.782. The molecule has 8 aliphatic carbocycles. The zero-order valence-corrected chi connectivity index (χ0v) is 39.9. The lowest BCUT2D eigenvalue weighted by Crippen LogP contribution is -2.51. The van der Waals surface area contributed by atoms with E-state index < -0.39 is 16.8 Å². The van der Waals surface area contributed by atoms with Crippen molar-refractivity contribution in [3.05, 3.63) is 47.5 Å². The molecule has 7 heteroatoms. The number of para-hydroxylation sites is 2. The summed E-state index contributed by atoms with van der Waals surface area (Å²) in [5.41, 5.74) is 2.27. The number of benzene rings is 2. The summed E-state index contributed by atoms with van der Waals surface area (Å²) in [5, 5.41) is 2.34. The molecule has 0 aromatic heterocycles. The van der Waals surface area contributed by atoms with Crippen molar-refractivity contribution < 1.29 is 22.8 Å². The van der Waals surface area contributed by atoms with Gasteiger partial charge in [-0.25, -0.2) is 0 Å². The van der Waals surface area contributed by atoms with Crippen molar-refractivity contribution in [2.75, 3.05) is 0 Å². The minimum atomic E-state index is -1.32. The third-order valence-corrected chi connectivity index (χ3v) is 23.9. The lowest BCUT2D eigenvalue weighted by Gasteiger charge is -2.53. The van der Waals surface area contributed by atoms with Gasteiger partial charge in [-0.2, -0.15) is 0 Å². The SMILES string of the molecule is CC1(C)c2cccc(P3OC4CCC5CCCCC5C4C4C(CCC5CCCCC54)O3)c2Oc2c(P3OC4CCC5CCCCC5C4C4C(CCC5CCCCC54)O3)cccc21. The van der Waals surface area contributed by atoms with E-state index in [1.54, 1.807) is 0 Å². The van der Waals surface area contributed by atoms with Crippen LogP contribution in [0.25, 0.3) is 0 Å². The van der Waals surface area contributed by atoms with Gasteiger partial charge in [0.2, 0.25) is 16.8 Å². The van der Waals surface area contributed by atoms with Crippen LogP contribution in [-0.4, -0.2) is 24.4 Å². The zero-order chi connectivity index (χ0) is 41.1. The fourth-order valence-corrected chi connectivity index (χ4v) is 21.6. The molecule has 336 valence electrons. The van der Waals surface area contributed by atoms with Gasteiger partial charge in [-0.05, 0) is 160 Å². The maximum Gasteiger partial charge on any atom is 0.209 e. The molecule has 2 aromatic carbocycles. The van der Waals surface area contributed by atoms with E-state index in [-0.39, 0.29) is 5.41 Å². The molecule has 0 spiro atoms. The second-order valence-corrected chi connectivity index (χ2v) is 26.4. The van der Waals surface area contributed by atoms with Gasteiger partial charge in [0, 0.05) is 16.5 Å². The van der Waals surface area contributed by atoms with Crippen LogP contribution in [0.4, 0.5) is 0 Å². The predicted molar refractivity (Wildman–Crippen MR) is 250 cm³/mol. The molecule has 16 atom stereocenters. The second kappa shape index (κ2) is 16.6. The molecule has 0 radical (unpaired) electrons. The van der Waals surface area contributed by atoms with Crippen molar-refractivity contribution >= 4 is 27.4 Å². The largest absolute Gasteiger partial charge is 0.455 e. The van der Waals surface area contributed by atoms with Gasteiger partial charge in [-0.3, -0.25) is 0 Å². The first-order valence-corrected chi connectivity index (χ1v) is 29.1. The molecule has 0 bridgehead atoms. The van der Waals surface area contributed by atoms with Gasteiger partial charge in [0.25, 0.3) is 0 Å². The average molecular weight is 879 g/mol. The Morgan fingerprint density at radius 2 is 0.694 bits per heavy atom. The summed E-state index contributed by atoms with van der Waals surface area (Å²) in [6, 6.07) is 13.9. The van der Waals surface area contributed by atoms with Gasteiger partial charge in [-0.15, -0.1) is 0 Å². The van der Waals surface area contributed by atoms with Crippen LogP contribution < -0.4 is 15.3 Å². The third kappa shape index (κ3) is 6.77. The lowest BCUT2D eigenvalue weighted by molar-refractivity contribution is -0.0856. The van der Waals surface area contributed by atoms with Gasteiger partial charge in [0.15, 0.2) is 0 Å². The number of ether oxygens (including phenoxy) is 1. The highest BCUT2D eigenvalue weighted by atomic mass is 31.2. The van der Waals surface area contributed by atoms with Crippen molar-refractivity contribution in [3.8, 4) is 11.5 Å². The summed E-state index contributed by atoms with van der Waals surface area (Å²) in [6.07, 6.45) is 34.1. The first-order valence-electron chi connectivity index (χ1n) is 26.7. The molecular weight excluding hydrogens is 803 g/mol. The van der Waals surface area contributed by atoms with E-state index in [0.717, 1.165) is 58.8 Å². The molecule has 0 amide bonds. The molecule has 62 heavy (non-hydrogen) atoms. The molecule has 10 fully saturated rings. The molecule has 2 saturated heterocycles. The van der Waals surface area contributed by atoms with Gasteiger partial charge in [-0.1, -0.05) is 115 Å². The van der Waals surface area contributed by atoms with Crippen LogP contribution in [0.2, 0.25) is 0 Å². The third-order valence-electron chi connectivity index (χ3n) is 20.6. The smallest absolute Gasteiger partial charge is 0.209 e. The molecule has 5 nitrogen and oxygen atoms in total. The van der Waals surface area contributed by atoms with Gasteiger partial charge < -0.3 is 22.8 Å². The topological polar surface area (TPSA) is 46.2 Å². The van der Waals surface area contributed by atoms with E-state index >= 15 is 0 Å². The van der Waals surface area contributed by atoms with Gasteiger partial charge in [0.1, 0.15) is 11.5 Å². The van der Waals surface area contributed by atoms with Gasteiger partial charge >= 0.3 is 0 Å². The highest BCUT2D eigenvalue weighted by Crippen LogP contribution is 2.65. The maximum atomic E-state index is 7.63. The Morgan fingerprint density at radius 3 is 1.02 bits per heavy atom. The van der Waals surface area contributed by atoms with Crippen LogP contribution in [0.5, 0.6) is 11.5 Å². The van der Waals surface area contributed by atoms with E-state index in [0.29, 0.717) is 48.1 Å². The number of rotatable bonds is 2. The van der Waals surface area contributed by atoms with Crippen molar-refractivity contribution in [1.29, 1.82) is 0 Å². The van der Waals surface area contributed by atoms with Crippen molar-refractivity contribution in [1.82, 2.24) is 0 Å². The highest BCUT2D eigenvalue weighted by Gasteiger charge is 2.58. The molecular formula is C55H76O5P2. The molecule has 3 aliphatic heterocycles. The Bertz CT molecular complexity index is 1750. The molecule has 8 saturated carbocycles. The van der Waals surface area contributed by atoms with Gasteiger partial charge in [0.05, 0.1) is 35.0 Å². The lowest BCUT2D eigenvalue weighted by atomic mass is 9.53. The summed E-state index contributed by atoms with van der Waals surface area (Å²) in [4.78, 5) is 0. The van der Waals surface area contributed by atoms with Crippen LogP contribution in [0, 0.1) is 71.0 Å². The number of fused-ring (bicyclic) bond motifs is 16. The van der Waals surface area contributed by atoms with E-state index in [1.807, 2.05) is 0 Å². The average Bonchev–Trinajstić information content (AvgIpc) is 3.60.